The lowest BCUT2D eigenvalue weighted by Gasteiger charge is -2.12. The van der Waals surface area contributed by atoms with E-state index in [-0.39, 0.29) is 11.7 Å². The van der Waals surface area contributed by atoms with E-state index in [0.29, 0.717) is 22.5 Å². The van der Waals surface area contributed by atoms with Gasteiger partial charge >= 0.3 is 0 Å². The second kappa shape index (κ2) is 11.3. The number of aromatic nitrogens is 3. The van der Waals surface area contributed by atoms with Crippen LogP contribution in [0.4, 0.5) is 0 Å². The summed E-state index contributed by atoms with van der Waals surface area (Å²) >= 11 is 1.28. The average Bonchev–Trinajstić information content (AvgIpc) is 3.32. The molecule has 35 heavy (non-hydrogen) atoms. The number of amides is 1. The van der Waals surface area contributed by atoms with Crippen LogP contribution >= 0.6 is 11.8 Å². The summed E-state index contributed by atoms with van der Waals surface area (Å²) in [7, 11) is 3.18. The van der Waals surface area contributed by atoms with E-state index in [9.17, 15) is 4.79 Å². The molecule has 4 rings (SSSR count). The number of benzene rings is 3. The van der Waals surface area contributed by atoms with Gasteiger partial charge in [-0.25, -0.2) is 5.43 Å². The van der Waals surface area contributed by atoms with Crippen molar-refractivity contribution in [1.82, 2.24) is 20.2 Å². The maximum absolute atomic E-state index is 12.4. The van der Waals surface area contributed by atoms with E-state index >= 15 is 0 Å². The van der Waals surface area contributed by atoms with Crippen molar-refractivity contribution in [3.8, 4) is 28.6 Å². The van der Waals surface area contributed by atoms with Crippen molar-refractivity contribution in [2.75, 3.05) is 20.0 Å². The molecule has 0 spiro atoms. The number of hydrazone groups is 1. The van der Waals surface area contributed by atoms with Crippen molar-refractivity contribution in [3.63, 3.8) is 0 Å². The molecule has 0 unspecified atom stereocenters. The highest BCUT2D eigenvalue weighted by Gasteiger charge is 2.18. The van der Waals surface area contributed by atoms with Gasteiger partial charge in [0, 0.05) is 11.3 Å². The van der Waals surface area contributed by atoms with E-state index < -0.39 is 0 Å². The van der Waals surface area contributed by atoms with Crippen LogP contribution < -0.4 is 14.9 Å². The van der Waals surface area contributed by atoms with Crippen molar-refractivity contribution in [2.45, 2.75) is 12.1 Å². The molecule has 1 heterocycles. The van der Waals surface area contributed by atoms with Crippen LogP contribution in [0, 0.1) is 6.92 Å². The summed E-state index contributed by atoms with van der Waals surface area (Å²) in [6, 6.07) is 23.2. The first-order valence-electron chi connectivity index (χ1n) is 10.8. The molecule has 1 aromatic heterocycles. The minimum atomic E-state index is -0.242. The predicted molar refractivity (Wildman–Crippen MR) is 138 cm³/mol. The summed E-state index contributed by atoms with van der Waals surface area (Å²) in [5, 5.41) is 13.4. The lowest BCUT2D eigenvalue weighted by Crippen LogP contribution is -2.20. The molecular formula is C26H25N5O3S. The number of thioether (sulfide) groups is 1. The van der Waals surface area contributed by atoms with E-state index in [1.807, 2.05) is 84.3 Å². The van der Waals surface area contributed by atoms with Gasteiger partial charge in [0.05, 0.1) is 26.2 Å². The third-order valence-corrected chi connectivity index (χ3v) is 6.03. The van der Waals surface area contributed by atoms with Crippen molar-refractivity contribution in [3.05, 3.63) is 83.9 Å². The topological polar surface area (TPSA) is 90.6 Å². The number of hydrogen-bond donors (Lipinski definition) is 1. The molecule has 0 aliphatic heterocycles. The van der Waals surface area contributed by atoms with Crippen LogP contribution in [0.25, 0.3) is 17.1 Å². The van der Waals surface area contributed by atoms with Gasteiger partial charge in [-0.2, -0.15) is 5.10 Å². The first-order valence-corrected chi connectivity index (χ1v) is 11.8. The van der Waals surface area contributed by atoms with Crippen LogP contribution in [0.15, 0.2) is 83.1 Å². The Balaban J connectivity index is 1.54. The lowest BCUT2D eigenvalue weighted by atomic mass is 10.2. The fourth-order valence-corrected chi connectivity index (χ4v) is 4.07. The van der Waals surface area contributed by atoms with Gasteiger partial charge in [0.2, 0.25) is 0 Å². The minimum absolute atomic E-state index is 0.127. The van der Waals surface area contributed by atoms with E-state index in [2.05, 4.69) is 20.7 Å². The van der Waals surface area contributed by atoms with Crippen molar-refractivity contribution >= 4 is 23.9 Å². The second-order valence-electron chi connectivity index (χ2n) is 7.54. The minimum Gasteiger partial charge on any atom is -0.493 e. The van der Waals surface area contributed by atoms with Gasteiger partial charge in [-0.05, 0) is 42.8 Å². The van der Waals surface area contributed by atoms with E-state index in [1.54, 1.807) is 20.4 Å². The van der Waals surface area contributed by atoms with E-state index in [1.165, 1.54) is 11.8 Å². The molecular weight excluding hydrogens is 462 g/mol. The number of rotatable bonds is 9. The Bertz CT molecular complexity index is 1320. The molecule has 0 fully saturated rings. The standard InChI is InChI=1S/C26H25N5O3S/c1-18-9-11-19(12-10-18)16-27-28-24(32)17-35-26-30-29-25(31(26)21-7-5-4-6-8-21)20-13-14-22(33-2)23(15-20)34-3/h4-16H,17H2,1-3H3,(H,28,32)/b27-16+. The maximum Gasteiger partial charge on any atom is 0.250 e. The van der Waals surface area contributed by atoms with Gasteiger partial charge in [-0.3, -0.25) is 9.36 Å². The third kappa shape index (κ3) is 5.88. The first kappa shape index (κ1) is 24.0. The number of aryl methyl sites for hydroxylation is 1. The number of nitrogens with one attached hydrogen (secondary N) is 1. The number of carbonyl (C=O) groups is 1. The Morgan fingerprint density at radius 3 is 2.46 bits per heavy atom. The molecule has 1 N–H and O–H groups in total. The second-order valence-corrected chi connectivity index (χ2v) is 8.48. The SMILES string of the molecule is COc1ccc(-c2nnc(SCC(=O)N/N=C/c3ccc(C)cc3)n2-c2ccccc2)cc1OC. The zero-order valence-corrected chi connectivity index (χ0v) is 20.5. The highest BCUT2D eigenvalue weighted by molar-refractivity contribution is 7.99. The molecule has 1 amide bonds. The fourth-order valence-electron chi connectivity index (χ4n) is 3.33. The van der Waals surface area contributed by atoms with Crippen LogP contribution in [0.5, 0.6) is 11.5 Å². The Morgan fingerprint density at radius 1 is 1.00 bits per heavy atom. The molecule has 0 saturated carbocycles. The monoisotopic (exact) mass is 487 g/mol. The number of hydrogen-bond acceptors (Lipinski definition) is 7. The summed E-state index contributed by atoms with van der Waals surface area (Å²) in [5.41, 5.74) is 6.32. The quantitative estimate of drug-likeness (QED) is 0.212. The van der Waals surface area contributed by atoms with Gasteiger partial charge in [0.25, 0.3) is 5.91 Å². The van der Waals surface area contributed by atoms with Gasteiger partial charge in [0.15, 0.2) is 22.5 Å². The van der Waals surface area contributed by atoms with Crippen LogP contribution in [0.1, 0.15) is 11.1 Å². The van der Waals surface area contributed by atoms with Crippen molar-refractivity contribution < 1.29 is 14.3 Å². The molecule has 3 aromatic carbocycles. The van der Waals surface area contributed by atoms with E-state index in [0.717, 1.165) is 22.4 Å². The van der Waals surface area contributed by atoms with Crippen LogP contribution in [-0.4, -0.2) is 46.9 Å². The lowest BCUT2D eigenvalue weighted by molar-refractivity contribution is -0.118. The van der Waals surface area contributed by atoms with Crippen LogP contribution in [0.2, 0.25) is 0 Å². The molecule has 0 aliphatic rings. The average molecular weight is 488 g/mol. The van der Waals surface area contributed by atoms with Crippen LogP contribution in [-0.2, 0) is 4.79 Å². The van der Waals surface area contributed by atoms with Gasteiger partial charge in [0.1, 0.15) is 0 Å². The van der Waals surface area contributed by atoms with Gasteiger partial charge < -0.3 is 9.47 Å². The molecule has 0 atom stereocenters. The Labute approximate surface area is 208 Å². The normalized spacial score (nSPS) is 10.9. The van der Waals surface area contributed by atoms with Crippen molar-refractivity contribution in [1.29, 1.82) is 0 Å². The number of nitrogens with zero attached hydrogens (tertiary/aromatic N) is 4. The molecule has 0 bridgehead atoms. The number of carbonyl (C=O) groups excluding carboxylic acids is 1. The van der Waals surface area contributed by atoms with E-state index in [4.69, 9.17) is 9.47 Å². The number of ether oxygens (including phenoxy) is 2. The Morgan fingerprint density at radius 2 is 1.74 bits per heavy atom. The van der Waals surface area contributed by atoms with Crippen molar-refractivity contribution in [2.24, 2.45) is 5.10 Å². The first-order chi connectivity index (χ1) is 17.1. The molecule has 8 nitrogen and oxygen atoms in total. The number of methoxy groups -OCH3 is 2. The summed E-state index contributed by atoms with van der Waals surface area (Å²) in [6.45, 7) is 2.02. The summed E-state index contributed by atoms with van der Waals surface area (Å²) < 4.78 is 12.7. The van der Waals surface area contributed by atoms with Gasteiger partial charge in [-0.15, -0.1) is 10.2 Å². The highest BCUT2D eigenvalue weighted by atomic mass is 32.2. The Kier molecular flexibility index (Phi) is 7.79. The maximum atomic E-state index is 12.4. The molecule has 178 valence electrons. The van der Waals surface area contributed by atoms with Crippen LogP contribution in [0.3, 0.4) is 0 Å². The summed E-state index contributed by atoms with van der Waals surface area (Å²) in [6.07, 6.45) is 1.61. The summed E-state index contributed by atoms with van der Waals surface area (Å²) in [5.74, 6) is 1.72. The summed E-state index contributed by atoms with van der Waals surface area (Å²) in [4.78, 5) is 12.4. The molecule has 0 radical (unpaired) electrons. The Hall–Kier alpha value is -4.11. The molecule has 0 aliphatic carbocycles. The predicted octanol–water partition coefficient (Wildman–Crippen LogP) is 4.50. The smallest absolute Gasteiger partial charge is 0.250 e. The molecule has 9 heteroatoms. The number of para-hydroxylation sites is 1. The fraction of sp³-hybridized carbons (Fsp3) is 0.154. The zero-order valence-electron chi connectivity index (χ0n) is 19.6. The highest BCUT2D eigenvalue weighted by Crippen LogP contribution is 2.34. The zero-order chi connectivity index (χ0) is 24.6. The van der Waals surface area contributed by atoms with Gasteiger partial charge in [-0.1, -0.05) is 59.8 Å². The largest absolute Gasteiger partial charge is 0.493 e. The molecule has 0 saturated heterocycles. The molecule has 4 aromatic rings. The third-order valence-electron chi connectivity index (χ3n) is 5.10.